The van der Waals surface area contributed by atoms with E-state index in [0.29, 0.717) is 17.5 Å². The van der Waals surface area contributed by atoms with Crippen molar-refractivity contribution in [3.63, 3.8) is 0 Å². The third kappa shape index (κ3) is 3.90. The van der Waals surface area contributed by atoms with Gasteiger partial charge in [0.05, 0.1) is 12.7 Å². The number of nitrogens with zero attached hydrogens (tertiary/aromatic N) is 1. The molecule has 3 aromatic rings. The second-order valence-corrected chi connectivity index (χ2v) is 7.17. The SMILES string of the molecule is COc1ccc(N2CCCC2=C(C(=O)c2ccccc2)C(=O)c2ccccc2)cc1. The molecule has 30 heavy (non-hydrogen) atoms. The predicted molar refractivity (Wildman–Crippen MR) is 118 cm³/mol. The fourth-order valence-electron chi connectivity index (χ4n) is 3.81. The van der Waals surface area contributed by atoms with Crippen LogP contribution in [-0.2, 0) is 0 Å². The van der Waals surface area contributed by atoms with E-state index in [4.69, 9.17) is 4.74 Å². The molecule has 3 aromatic carbocycles. The molecule has 4 nitrogen and oxygen atoms in total. The van der Waals surface area contributed by atoms with E-state index in [1.54, 1.807) is 31.4 Å². The van der Waals surface area contributed by atoms with Crippen LogP contribution in [-0.4, -0.2) is 25.2 Å². The molecule has 0 unspecified atom stereocenters. The average Bonchev–Trinajstić information content (AvgIpc) is 3.29. The van der Waals surface area contributed by atoms with E-state index in [1.165, 1.54) is 0 Å². The van der Waals surface area contributed by atoms with Crippen molar-refractivity contribution in [3.8, 4) is 5.75 Å². The van der Waals surface area contributed by atoms with Gasteiger partial charge in [-0.2, -0.15) is 0 Å². The number of ether oxygens (including phenoxy) is 1. The highest BCUT2D eigenvalue weighted by molar-refractivity contribution is 6.31. The molecule has 0 saturated carbocycles. The van der Waals surface area contributed by atoms with Gasteiger partial charge in [-0.1, -0.05) is 60.7 Å². The third-order valence-corrected chi connectivity index (χ3v) is 5.32. The maximum Gasteiger partial charge on any atom is 0.198 e. The molecule has 1 fully saturated rings. The molecular formula is C26H23NO3. The zero-order chi connectivity index (χ0) is 20.9. The van der Waals surface area contributed by atoms with Crippen LogP contribution in [0.5, 0.6) is 5.75 Å². The molecule has 0 aromatic heterocycles. The molecule has 150 valence electrons. The van der Waals surface area contributed by atoms with Gasteiger partial charge in [0.15, 0.2) is 11.6 Å². The number of benzene rings is 3. The Morgan fingerprint density at radius 1 is 0.767 bits per heavy atom. The fraction of sp³-hybridized carbons (Fsp3) is 0.154. The Hall–Kier alpha value is -3.66. The topological polar surface area (TPSA) is 46.6 Å². The number of allylic oxidation sites excluding steroid dienone is 2. The number of methoxy groups -OCH3 is 1. The normalized spacial score (nSPS) is 13.2. The van der Waals surface area contributed by atoms with Gasteiger partial charge in [0.2, 0.25) is 0 Å². The largest absolute Gasteiger partial charge is 0.497 e. The lowest BCUT2D eigenvalue weighted by atomic mass is 9.93. The highest BCUT2D eigenvalue weighted by atomic mass is 16.5. The summed E-state index contributed by atoms with van der Waals surface area (Å²) >= 11 is 0. The van der Waals surface area contributed by atoms with E-state index in [0.717, 1.165) is 30.1 Å². The highest BCUT2D eigenvalue weighted by Gasteiger charge is 2.31. The van der Waals surface area contributed by atoms with Gasteiger partial charge in [-0.25, -0.2) is 0 Å². The van der Waals surface area contributed by atoms with E-state index in [-0.39, 0.29) is 17.1 Å². The Morgan fingerprint density at radius 3 is 1.80 bits per heavy atom. The predicted octanol–water partition coefficient (Wildman–Crippen LogP) is 5.32. The molecule has 0 bridgehead atoms. The standard InChI is InChI=1S/C26H23NO3/c1-30-22-16-14-21(15-17-22)27-18-8-13-23(27)24(25(28)19-9-4-2-5-10-19)26(29)20-11-6-3-7-12-20/h2-7,9-12,14-17H,8,13,18H2,1H3. The first-order chi connectivity index (χ1) is 14.7. The number of Topliss-reactive ketones (excluding diaryl/α,β-unsaturated/α-hetero) is 2. The number of hydrogen-bond donors (Lipinski definition) is 0. The van der Waals surface area contributed by atoms with Gasteiger partial charge in [-0.3, -0.25) is 9.59 Å². The first-order valence-electron chi connectivity index (χ1n) is 10.0. The van der Waals surface area contributed by atoms with Crippen molar-refractivity contribution >= 4 is 17.3 Å². The van der Waals surface area contributed by atoms with Gasteiger partial charge in [0.1, 0.15) is 5.75 Å². The van der Waals surface area contributed by atoms with Gasteiger partial charge in [0, 0.05) is 29.1 Å². The molecule has 0 radical (unpaired) electrons. The zero-order valence-electron chi connectivity index (χ0n) is 16.9. The van der Waals surface area contributed by atoms with Crippen molar-refractivity contribution < 1.29 is 14.3 Å². The number of hydrogen-bond acceptors (Lipinski definition) is 4. The molecule has 1 saturated heterocycles. The van der Waals surface area contributed by atoms with E-state index in [9.17, 15) is 9.59 Å². The highest BCUT2D eigenvalue weighted by Crippen LogP contribution is 2.33. The summed E-state index contributed by atoms with van der Waals surface area (Å²) in [7, 11) is 1.63. The minimum absolute atomic E-state index is 0.236. The number of rotatable bonds is 6. The first kappa shape index (κ1) is 19.6. The number of carbonyl (C=O) groups excluding carboxylic acids is 2. The summed E-state index contributed by atoms with van der Waals surface area (Å²) < 4.78 is 5.26. The second kappa shape index (κ2) is 8.78. The first-order valence-corrected chi connectivity index (χ1v) is 10.0. The van der Waals surface area contributed by atoms with Gasteiger partial charge in [-0.05, 0) is 37.1 Å². The lowest BCUT2D eigenvalue weighted by molar-refractivity contribution is 0.0960. The molecule has 1 aliphatic heterocycles. The van der Waals surface area contributed by atoms with Crippen LogP contribution in [0.3, 0.4) is 0 Å². The van der Waals surface area contributed by atoms with Gasteiger partial charge in [0.25, 0.3) is 0 Å². The molecule has 0 spiro atoms. The van der Waals surface area contributed by atoms with Gasteiger partial charge >= 0.3 is 0 Å². The van der Waals surface area contributed by atoms with E-state index >= 15 is 0 Å². The van der Waals surface area contributed by atoms with Crippen molar-refractivity contribution in [2.24, 2.45) is 0 Å². The Bertz CT molecular complexity index is 1020. The number of ketones is 2. The van der Waals surface area contributed by atoms with E-state index in [1.807, 2.05) is 60.7 Å². The van der Waals surface area contributed by atoms with Crippen LogP contribution in [0.4, 0.5) is 5.69 Å². The van der Waals surface area contributed by atoms with Crippen LogP contribution in [0.1, 0.15) is 33.6 Å². The van der Waals surface area contributed by atoms with Crippen LogP contribution in [0.25, 0.3) is 0 Å². The van der Waals surface area contributed by atoms with Crippen LogP contribution >= 0.6 is 0 Å². The van der Waals surface area contributed by atoms with Crippen molar-refractivity contribution in [2.75, 3.05) is 18.6 Å². The Kier molecular flexibility index (Phi) is 5.75. The number of carbonyl (C=O) groups is 2. The minimum Gasteiger partial charge on any atom is -0.497 e. The molecular weight excluding hydrogens is 374 g/mol. The summed E-state index contributed by atoms with van der Waals surface area (Å²) in [4.78, 5) is 29.1. The van der Waals surface area contributed by atoms with Crippen molar-refractivity contribution in [1.29, 1.82) is 0 Å². The Labute approximate surface area is 176 Å². The Balaban J connectivity index is 1.83. The van der Waals surface area contributed by atoms with Crippen LogP contribution in [0.15, 0.2) is 96.2 Å². The van der Waals surface area contributed by atoms with Crippen molar-refractivity contribution in [1.82, 2.24) is 0 Å². The second-order valence-electron chi connectivity index (χ2n) is 7.17. The molecule has 0 N–H and O–H groups in total. The smallest absolute Gasteiger partial charge is 0.198 e. The summed E-state index contributed by atoms with van der Waals surface area (Å²) in [5, 5.41) is 0. The molecule has 1 heterocycles. The van der Waals surface area contributed by atoms with Crippen LogP contribution in [0, 0.1) is 0 Å². The van der Waals surface area contributed by atoms with Gasteiger partial charge in [-0.15, -0.1) is 0 Å². The van der Waals surface area contributed by atoms with E-state index in [2.05, 4.69) is 4.90 Å². The molecule has 4 rings (SSSR count). The molecule has 0 amide bonds. The van der Waals surface area contributed by atoms with Crippen LogP contribution in [0.2, 0.25) is 0 Å². The summed E-state index contributed by atoms with van der Waals surface area (Å²) in [6.45, 7) is 0.759. The summed E-state index contributed by atoms with van der Waals surface area (Å²) in [5.41, 5.74) is 3.02. The monoisotopic (exact) mass is 397 g/mol. The maximum atomic E-state index is 13.5. The maximum absolute atomic E-state index is 13.5. The van der Waals surface area contributed by atoms with Crippen LogP contribution < -0.4 is 9.64 Å². The van der Waals surface area contributed by atoms with Crippen molar-refractivity contribution in [3.05, 3.63) is 107 Å². The Morgan fingerprint density at radius 2 is 1.30 bits per heavy atom. The zero-order valence-corrected chi connectivity index (χ0v) is 16.9. The summed E-state index contributed by atoms with van der Waals surface area (Å²) in [6, 6.07) is 25.7. The lowest BCUT2D eigenvalue weighted by Gasteiger charge is -2.23. The minimum atomic E-state index is -0.236. The molecule has 0 atom stereocenters. The third-order valence-electron chi connectivity index (χ3n) is 5.32. The van der Waals surface area contributed by atoms with E-state index < -0.39 is 0 Å². The van der Waals surface area contributed by atoms with Crippen molar-refractivity contribution in [2.45, 2.75) is 12.8 Å². The quantitative estimate of drug-likeness (QED) is 0.245. The molecule has 1 aliphatic rings. The molecule has 0 aliphatic carbocycles. The number of anilines is 1. The summed E-state index contributed by atoms with van der Waals surface area (Å²) in [5.74, 6) is 0.296. The lowest BCUT2D eigenvalue weighted by Crippen LogP contribution is -2.24. The fourth-order valence-corrected chi connectivity index (χ4v) is 3.81. The molecule has 4 heteroatoms. The average molecular weight is 397 g/mol. The van der Waals surface area contributed by atoms with Gasteiger partial charge < -0.3 is 9.64 Å². The summed E-state index contributed by atoms with van der Waals surface area (Å²) in [6.07, 6.45) is 1.56.